The molecule has 17 nitrogen and oxygen atoms in total. The third-order valence-electron chi connectivity index (χ3n) is 20.4. The van der Waals surface area contributed by atoms with Gasteiger partial charge in [0.15, 0.2) is 12.2 Å². The van der Waals surface area contributed by atoms with Crippen molar-refractivity contribution in [3.05, 3.63) is 0 Å². The van der Waals surface area contributed by atoms with E-state index in [0.29, 0.717) is 25.7 Å². The summed E-state index contributed by atoms with van der Waals surface area (Å²) in [5.74, 6) is 1.04. The lowest BCUT2D eigenvalue weighted by molar-refractivity contribution is -0.161. The van der Waals surface area contributed by atoms with Gasteiger partial charge in [-0.25, -0.2) is 9.13 Å². The van der Waals surface area contributed by atoms with Gasteiger partial charge in [-0.15, -0.1) is 0 Å². The monoisotopic (exact) mass is 1540 g/mol. The highest BCUT2D eigenvalue weighted by atomic mass is 31.2. The largest absolute Gasteiger partial charge is 0.472 e. The summed E-state index contributed by atoms with van der Waals surface area (Å²) in [6.45, 7) is 14.3. The lowest BCUT2D eigenvalue weighted by Crippen LogP contribution is -2.30. The molecule has 3 unspecified atom stereocenters. The van der Waals surface area contributed by atoms with Crippen LogP contribution in [0.25, 0.3) is 0 Å². The number of carbonyl (C=O) groups is 4. The second kappa shape index (κ2) is 74.8. The van der Waals surface area contributed by atoms with Crippen LogP contribution in [-0.4, -0.2) is 96.7 Å². The van der Waals surface area contributed by atoms with Crippen LogP contribution >= 0.6 is 15.6 Å². The zero-order valence-electron chi connectivity index (χ0n) is 69.4. The molecule has 0 fully saturated rings. The van der Waals surface area contributed by atoms with Gasteiger partial charge in [0.1, 0.15) is 19.3 Å². The topological polar surface area (TPSA) is 237 Å². The molecule has 0 bridgehead atoms. The lowest BCUT2D eigenvalue weighted by Gasteiger charge is -2.21. The maximum Gasteiger partial charge on any atom is 0.472 e. The van der Waals surface area contributed by atoms with Crippen molar-refractivity contribution in [3.63, 3.8) is 0 Å². The molecule has 0 saturated heterocycles. The molecular formula is C86H168O17P2. The molecule has 0 radical (unpaired) electrons. The highest BCUT2D eigenvalue weighted by Crippen LogP contribution is 2.45. The van der Waals surface area contributed by atoms with E-state index >= 15 is 0 Å². The third-order valence-corrected chi connectivity index (χ3v) is 22.3. The zero-order chi connectivity index (χ0) is 77.4. The third kappa shape index (κ3) is 78.5. The number of hydrogen-bond donors (Lipinski definition) is 3. The number of phosphoric ester groups is 2. The molecule has 0 saturated carbocycles. The van der Waals surface area contributed by atoms with Crippen LogP contribution in [0, 0.1) is 23.7 Å². The fourth-order valence-electron chi connectivity index (χ4n) is 13.3. The minimum Gasteiger partial charge on any atom is -0.462 e. The lowest BCUT2D eigenvalue weighted by atomic mass is 10.00. The number of carbonyl (C=O) groups excluding carboxylic acids is 4. The van der Waals surface area contributed by atoms with Crippen molar-refractivity contribution < 1.29 is 80.2 Å². The van der Waals surface area contributed by atoms with Crippen LogP contribution < -0.4 is 0 Å². The molecule has 6 atom stereocenters. The maximum absolute atomic E-state index is 13.1. The molecule has 624 valence electrons. The highest BCUT2D eigenvalue weighted by molar-refractivity contribution is 7.47. The second-order valence-electron chi connectivity index (χ2n) is 32.6. The number of phosphoric acid groups is 2. The Kier molecular flexibility index (Phi) is 73.4. The van der Waals surface area contributed by atoms with E-state index in [1.807, 2.05) is 0 Å². The standard InChI is InChI=1S/C86H168O17P2/c1-9-79(8)65-57-49-44-45-51-59-67-84(89)97-73-82(103-86(91)69-61-53-43-37-31-24-18-14-16-21-27-33-39-47-55-63-77(4)5)75-101-105(94,95)99-71-80(87)70-98-104(92,93)100-74-81(72-96-83(88)66-58-50-41-35-29-25-19-22-28-34-40-48-56-64-78(6)7)102-85(90)68-60-52-42-36-30-23-17-13-11-10-12-15-20-26-32-38-46-54-62-76(2)3/h76-82,87H,9-75H2,1-8H3,(H,92,93)(H,94,95)/t79?,80-,81-,82-/m1/s1. The van der Waals surface area contributed by atoms with Crippen LogP contribution in [0.5, 0.6) is 0 Å². The van der Waals surface area contributed by atoms with Gasteiger partial charge < -0.3 is 33.8 Å². The normalized spacial score (nSPS) is 14.2. The first-order valence-corrected chi connectivity index (χ1v) is 47.2. The minimum absolute atomic E-state index is 0.107. The second-order valence-corrected chi connectivity index (χ2v) is 35.5. The van der Waals surface area contributed by atoms with E-state index in [1.165, 1.54) is 244 Å². The Morgan fingerprint density at radius 1 is 0.267 bits per heavy atom. The van der Waals surface area contributed by atoms with Crippen LogP contribution in [0.2, 0.25) is 0 Å². The van der Waals surface area contributed by atoms with Crippen molar-refractivity contribution in [3.8, 4) is 0 Å². The van der Waals surface area contributed by atoms with Crippen molar-refractivity contribution in [2.45, 2.75) is 465 Å². The average Bonchev–Trinajstić information content (AvgIpc) is 0.907. The molecule has 3 N–H and O–H groups in total. The van der Waals surface area contributed by atoms with E-state index in [4.69, 9.17) is 37.0 Å². The summed E-state index contributed by atoms with van der Waals surface area (Å²) in [5, 5.41) is 10.7. The van der Waals surface area contributed by atoms with Gasteiger partial charge in [-0.05, 0) is 49.4 Å². The number of rotatable bonds is 83. The van der Waals surface area contributed by atoms with Crippen LogP contribution in [0.1, 0.15) is 447 Å². The summed E-state index contributed by atoms with van der Waals surface area (Å²) in [6.07, 6.45) is 63.9. The van der Waals surface area contributed by atoms with Crippen LogP contribution in [-0.2, 0) is 65.4 Å². The van der Waals surface area contributed by atoms with Gasteiger partial charge in [-0.3, -0.25) is 37.3 Å². The summed E-state index contributed by atoms with van der Waals surface area (Å²) in [5.41, 5.74) is 0. The van der Waals surface area contributed by atoms with Gasteiger partial charge in [-0.2, -0.15) is 0 Å². The summed E-state index contributed by atoms with van der Waals surface area (Å²) >= 11 is 0. The van der Waals surface area contributed by atoms with Crippen molar-refractivity contribution in [1.29, 1.82) is 0 Å². The quantitative estimate of drug-likeness (QED) is 0.0222. The summed E-state index contributed by atoms with van der Waals surface area (Å²) in [7, 11) is -9.93. The number of aliphatic hydroxyl groups is 1. The molecule has 0 aliphatic heterocycles. The molecule has 0 aromatic carbocycles. The number of aliphatic hydroxyl groups excluding tert-OH is 1. The molecule has 0 aliphatic rings. The molecule has 0 spiro atoms. The van der Waals surface area contributed by atoms with Gasteiger partial charge in [0.25, 0.3) is 0 Å². The van der Waals surface area contributed by atoms with Crippen molar-refractivity contribution in [2.24, 2.45) is 23.7 Å². The van der Waals surface area contributed by atoms with Crippen LogP contribution in [0.4, 0.5) is 0 Å². The number of unbranched alkanes of at least 4 members (excludes halogenated alkanes) is 48. The Morgan fingerprint density at radius 3 is 0.676 bits per heavy atom. The van der Waals surface area contributed by atoms with E-state index in [-0.39, 0.29) is 25.7 Å². The van der Waals surface area contributed by atoms with Crippen LogP contribution in [0.15, 0.2) is 0 Å². The zero-order valence-corrected chi connectivity index (χ0v) is 71.2. The molecule has 0 rings (SSSR count). The van der Waals surface area contributed by atoms with Crippen molar-refractivity contribution in [2.75, 3.05) is 39.6 Å². The van der Waals surface area contributed by atoms with E-state index in [2.05, 4.69) is 55.4 Å². The minimum atomic E-state index is -4.97. The van der Waals surface area contributed by atoms with Crippen molar-refractivity contribution in [1.82, 2.24) is 0 Å². The predicted octanol–water partition coefficient (Wildman–Crippen LogP) is 25.9. The molecule has 0 amide bonds. The van der Waals surface area contributed by atoms with Gasteiger partial charge >= 0.3 is 39.5 Å². The fraction of sp³-hybridized carbons (Fsp3) is 0.953. The summed E-state index contributed by atoms with van der Waals surface area (Å²) in [6, 6.07) is 0. The molecular weight excluding hydrogens is 1370 g/mol. The first kappa shape index (κ1) is 103. The molecule has 105 heavy (non-hydrogen) atoms. The summed E-state index contributed by atoms with van der Waals surface area (Å²) in [4.78, 5) is 73.2. The van der Waals surface area contributed by atoms with Gasteiger partial charge in [0.05, 0.1) is 26.4 Å². The Hall–Kier alpha value is -1.94. The van der Waals surface area contributed by atoms with Crippen molar-refractivity contribution >= 4 is 39.5 Å². The van der Waals surface area contributed by atoms with E-state index < -0.39 is 97.5 Å². The van der Waals surface area contributed by atoms with E-state index in [9.17, 15) is 43.2 Å². The smallest absolute Gasteiger partial charge is 0.462 e. The maximum atomic E-state index is 13.1. The average molecular weight is 1540 g/mol. The molecule has 0 aromatic rings. The number of ether oxygens (including phenoxy) is 4. The van der Waals surface area contributed by atoms with Crippen LogP contribution in [0.3, 0.4) is 0 Å². The Morgan fingerprint density at radius 2 is 0.457 bits per heavy atom. The molecule has 0 heterocycles. The first-order valence-electron chi connectivity index (χ1n) is 44.2. The van der Waals surface area contributed by atoms with Gasteiger partial charge in [-0.1, -0.05) is 396 Å². The molecule has 0 aliphatic carbocycles. The number of esters is 4. The fourth-order valence-corrected chi connectivity index (χ4v) is 14.9. The summed E-state index contributed by atoms with van der Waals surface area (Å²) < 4.78 is 68.9. The Labute approximate surface area is 645 Å². The number of hydrogen-bond acceptors (Lipinski definition) is 15. The van der Waals surface area contributed by atoms with E-state index in [0.717, 1.165) is 120 Å². The van der Waals surface area contributed by atoms with Gasteiger partial charge in [0, 0.05) is 25.7 Å². The molecule has 0 aromatic heterocycles. The molecule has 19 heteroatoms. The predicted molar refractivity (Wildman–Crippen MR) is 432 cm³/mol. The first-order chi connectivity index (χ1) is 50.6. The van der Waals surface area contributed by atoms with Gasteiger partial charge in [0.2, 0.25) is 0 Å². The Bertz CT molecular complexity index is 2040. The Balaban J connectivity index is 5.23. The highest BCUT2D eigenvalue weighted by Gasteiger charge is 2.31. The van der Waals surface area contributed by atoms with E-state index in [1.54, 1.807) is 0 Å². The SMILES string of the molecule is CCC(C)CCCCCCCCC(=O)OC[C@H](COP(=O)(O)OC[C@H](O)COP(=O)(O)OC[C@@H](COC(=O)CCCCCCCCCCCCCCCC(C)C)OC(=O)CCCCCCCCCCCCCCCCCCCCC(C)C)OC(=O)CCCCCCCCCCCCCCCCCC(C)C.